The third-order valence-electron chi connectivity index (χ3n) is 4.81. The first-order chi connectivity index (χ1) is 11.6. The number of aromatic nitrogens is 1. The van der Waals surface area contributed by atoms with E-state index in [1.165, 1.54) is 19.4 Å². The summed E-state index contributed by atoms with van der Waals surface area (Å²) in [7, 11) is 3.51. The highest BCUT2D eigenvalue weighted by Crippen LogP contribution is 2.23. The van der Waals surface area contributed by atoms with Gasteiger partial charge >= 0.3 is 0 Å². The molecule has 1 aromatic heterocycles. The van der Waals surface area contributed by atoms with Crippen molar-refractivity contribution in [3.05, 3.63) is 23.0 Å². The van der Waals surface area contributed by atoms with Crippen LogP contribution in [0.1, 0.15) is 36.6 Å². The Kier molecular flexibility index (Phi) is 6.85. The molecule has 134 valence electrons. The number of rotatable bonds is 6. The Balaban J connectivity index is 1.90. The van der Waals surface area contributed by atoms with Crippen LogP contribution in [-0.2, 0) is 6.54 Å². The summed E-state index contributed by atoms with van der Waals surface area (Å²) in [5.74, 6) is 1.73. The van der Waals surface area contributed by atoms with E-state index in [2.05, 4.69) is 32.4 Å². The van der Waals surface area contributed by atoms with Crippen molar-refractivity contribution in [1.82, 2.24) is 20.5 Å². The van der Waals surface area contributed by atoms with E-state index < -0.39 is 0 Å². The maximum atomic E-state index is 5.47. The fraction of sp³-hybridized carbons (Fsp3) is 0.667. The maximum absolute atomic E-state index is 5.47. The van der Waals surface area contributed by atoms with Gasteiger partial charge in [0, 0.05) is 37.0 Å². The van der Waals surface area contributed by atoms with Gasteiger partial charge in [-0.2, -0.15) is 0 Å². The summed E-state index contributed by atoms with van der Waals surface area (Å²) in [5, 5.41) is 6.80. The highest BCUT2D eigenvalue weighted by molar-refractivity contribution is 5.79. The van der Waals surface area contributed by atoms with Crippen molar-refractivity contribution >= 4 is 5.96 Å². The Morgan fingerprint density at radius 1 is 1.42 bits per heavy atom. The summed E-state index contributed by atoms with van der Waals surface area (Å²) >= 11 is 0. The molecule has 1 saturated heterocycles. The number of likely N-dealkylation sites (N-methyl/N-ethyl adjacent to an activating group) is 1. The number of nitrogens with zero attached hydrogens (tertiary/aromatic N) is 3. The molecule has 0 amide bonds. The molecular weight excluding hydrogens is 302 g/mol. The standard InChI is InChI=1S/C18H31N5O/c1-6-23-9-7-8-15(23)11-21-18(19-4)22-12-16-14(3)17(24-5)13(2)10-20-16/h10,15H,6-9,11-12H2,1-5H3,(H2,19,21,22). The quantitative estimate of drug-likeness (QED) is 0.615. The van der Waals surface area contributed by atoms with Crippen molar-refractivity contribution in [3.63, 3.8) is 0 Å². The predicted molar refractivity (Wildman–Crippen MR) is 98.7 cm³/mol. The fourth-order valence-electron chi connectivity index (χ4n) is 3.39. The Morgan fingerprint density at radius 3 is 2.88 bits per heavy atom. The van der Waals surface area contributed by atoms with Crippen LogP contribution in [-0.4, -0.2) is 55.7 Å². The van der Waals surface area contributed by atoms with Gasteiger partial charge in [0.15, 0.2) is 5.96 Å². The average Bonchev–Trinajstić information content (AvgIpc) is 3.04. The van der Waals surface area contributed by atoms with Crippen LogP contribution in [0.5, 0.6) is 5.75 Å². The van der Waals surface area contributed by atoms with E-state index in [-0.39, 0.29) is 0 Å². The van der Waals surface area contributed by atoms with E-state index in [4.69, 9.17) is 4.74 Å². The largest absolute Gasteiger partial charge is 0.496 e. The first-order valence-electron chi connectivity index (χ1n) is 8.78. The topological polar surface area (TPSA) is 61.8 Å². The summed E-state index contributed by atoms with van der Waals surface area (Å²) in [4.78, 5) is 11.4. The van der Waals surface area contributed by atoms with Crippen LogP contribution in [0, 0.1) is 13.8 Å². The van der Waals surface area contributed by atoms with Crippen LogP contribution in [0.2, 0.25) is 0 Å². The molecule has 1 fully saturated rings. The Labute approximate surface area is 145 Å². The molecule has 1 aliphatic rings. The molecule has 0 spiro atoms. The number of guanidine groups is 1. The van der Waals surface area contributed by atoms with Crippen molar-refractivity contribution in [2.75, 3.05) is 33.8 Å². The van der Waals surface area contributed by atoms with Crippen LogP contribution in [0.3, 0.4) is 0 Å². The van der Waals surface area contributed by atoms with Crippen LogP contribution in [0.15, 0.2) is 11.2 Å². The van der Waals surface area contributed by atoms with Crippen molar-refractivity contribution in [3.8, 4) is 5.75 Å². The second-order valence-electron chi connectivity index (χ2n) is 6.28. The predicted octanol–water partition coefficient (Wildman–Crippen LogP) is 1.86. The summed E-state index contributed by atoms with van der Waals surface area (Å²) in [5.41, 5.74) is 3.12. The molecule has 6 heteroatoms. The van der Waals surface area contributed by atoms with Crippen LogP contribution < -0.4 is 15.4 Å². The maximum Gasteiger partial charge on any atom is 0.191 e. The lowest BCUT2D eigenvalue weighted by atomic mass is 10.1. The first-order valence-corrected chi connectivity index (χ1v) is 8.78. The highest BCUT2D eigenvalue weighted by Gasteiger charge is 2.22. The zero-order valence-electron chi connectivity index (χ0n) is 15.6. The summed E-state index contributed by atoms with van der Waals surface area (Å²) in [6, 6.07) is 0.605. The number of nitrogens with one attached hydrogen (secondary N) is 2. The molecule has 1 unspecified atom stereocenters. The molecule has 0 radical (unpaired) electrons. The van der Waals surface area contributed by atoms with Gasteiger partial charge in [-0.15, -0.1) is 0 Å². The number of ether oxygens (including phenoxy) is 1. The SMILES string of the molecule is CCN1CCCC1CNC(=NC)NCc1ncc(C)c(OC)c1C. The number of aryl methyl sites for hydroxylation is 1. The monoisotopic (exact) mass is 333 g/mol. The minimum Gasteiger partial charge on any atom is -0.496 e. The Morgan fingerprint density at radius 2 is 2.21 bits per heavy atom. The van der Waals surface area contributed by atoms with Crippen molar-refractivity contribution < 1.29 is 4.74 Å². The molecule has 1 aromatic rings. The molecule has 0 aliphatic carbocycles. The van der Waals surface area contributed by atoms with Gasteiger partial charge in [0.2, 0.25) is 0 Å². The number of pyridine rings is 1. The normalized spacial score (nSPS) is 18.7. The lowest BCUT2D eigenvalue weighted by molar-refractivity contribution is 0.267. The van der Waals surface area contributed by atoms with Gasteiger partial charge in [0.05, 0.1) is 19.3 Å². The highest BCUT2D eigenvalue weighted by atomic mass is 16.5. The second-order valence-corrected chi connectivity index (χ2v) is 6.28. The van der Waals surface area contributed by atoms with E-state index in [0.29, 0.717) is 12.6 Å². The Hall–Kier alpha value is -1.82. The minimum absolute atomic E-state index is 0.605. The molecule has 6 nitrogen and oxygen atoms in total. The van der Waals surface area contributed by atoms with Crippen LogP contribution in [0.4, 0.5) is 0 Å². The van der Waals surface area contributed by atoms with E-state index in [9.17, 15) is 0 Å². The molecule has 1 aliphatic heterocycles. The first kappa shape index (κ1) is 18.5. The third kappa shape index (κ3) is 4.38. The molecule has 2 rings (SSSR count). The van der Waals surface area contributed by atoms with Gasteiger partial charge in [0.25, 0.3) is 0 Å². The number of aliphatic imine (C=N–C) groups is 1. The van der Waals surface area contributed by atoms with Crippen molar-refractivity contribution in [2.45, 2.75) is 46.2 Å². The molecule has 24 heavy (non-hydrogen) atoms. The summed E-state index contributed by atoms with van der Waals surface area (Å²) < 4.78 is 5.47. The van der Waals surface area contributed by atoms with Gasteiger partial charge < -0.3 is 15.4 Å². The van der Waals surface area contributed by atoms with Crippen molar-refractivity contribution in [2.24, 2.45) is 4.99 Å². The Bertz CT molecular complexity index is 573. The van der Waals surface area contributed by atoms with Gasteiger partial charge in [-0.3, -0.25) is 14.9 Å². The van der Waals surface area contributed by atoms with Gasteiger partial charge in [0.1, 0.15) is 5.75 Å². The zero-order chi connectivity index (χ0) is 17.5. The van der Waals surface area contributed by atoms with Crippen LogP contribution in [0.25, 0.3) is 0 Å². The van der Waals surface area contributed by atoms with Gasteiger partial charge in [-0.05, 0) is 39.8 Å². The van der Waals surface area contributed by atoms with Gasteiger partial charge in [-0.1, -0.05) is 6.92 Å². The molecule has 2 heterocycles. The van der Waals surface area contributed by atoms with E-state index in [0.717, 1.165) is 41.6 Å². The molecule has 0 bridgehead atoms. The summed E-state index contributed by atoms with van der Waals surface area (Å²) in [6.07, 6.45) is 4.41. The van der Waals surface area contributed by atoms with E-state index >= 15 is 0 Å². The minimum atomic E-state index is 0.605. The molecule has 0 saturated carbocycles. The molecule has 2 N–H and O–H groups in total. The fourth-order valence-corrected chi connectivity index (χ4v) is 3.39. The zero-order valence-corrected chi connectivity index (χ0v) is 15.6. The molecule has 1 atom stereocenters. The lowest BCUT2D eigenvalue weighted by Crippen LogP contribution is -2.44. The van der Waals surface area contributed by atoms with E-state index in [1.807, 2.05) is 20.0 Å². The molecule has 0 aromatic carbocycles. The molecular formula is C18H31N5O. The number of methoxy groups -OCH3 is 1. The third-order valence-corrected chi connectivity index (χ3v) is 4.81. The number of hydrogen-bond acceptors (Lipinski definition) is 4. The van der Waals surface area contributed by atoms with E-state index in [1.54, 1.807) is 14.2 Å². The second kappa shape index (κ2) is 8.87. The lowest BCUT2D eigenvalue weighted by Gasteiger charge is -2.24. The smallest absolute Gasteiger partial charge is 0.191 e. The average molecular weight is 333 g/mol. The van der Waals surface area contributed by atoms with Crippen molar-refractivity contribution in [1.29, 1.82) is 0 Å². The summed E-state index contributed by atoms with van der Waals surface area (Å²) in [6.45, 7) is 10.2. The van der Waals surface area contributed by atoms with Crippen LogP contribution >= 0.6 is 0 Å². The van der Waals surface area contributed by atoms with Gasteiger partial charge in [-0.25, -0.2) is 0 Å². The number of likely N-dealkylation sites (tertiary alicyclic amines) is 1. The number of hydrogen-bond donors (Lipinski definition) is 2.